The van der Waals surface area contributed by atoms with Crippen LogP contribution in [-0.2, 0) is 26.8 Å². The maximum Gasteiger partial charge on any atom is 0.339 e. The van der Waals surface area contributed by atoms with Crippen molar-refractivity contribution in [3.05, 3.63) is 59.7 Å². The molecule has 7 nitrogen and oxygen atoms in total. The van der Waals surface area contributed by atoms with Gasteiger partial charge >= 0.3 is 6.03 Å². The van der Waals surface area contributed by atoms with Crippen LogP contribution >= 0.6 is 0 Å². The third-order valence-corrected chi connectivity index (χ3v) is 7.00. The molecule has 1 atom stereocenters. The SMILES string of the molecule is COc1ccc(S(=O)(=O)N2C(=O)NC(=O)C23CCCc2ccccc23)cc1. The van der Waals surface area contributed by atoms with E-state index in [-0.39, 0.29) is 11.3 Å². The Morgan fingerprint density at radius 1 is 1.07 bits per heavy atom. The lowest BCUT2D eigenvalue weighted by molar-refractivity contribution is -0.126. The lowest BCUT2D eigenvalue weighted by atomic mass is 9.76. The Balaban J connectivity index is 1.90. The van der Waals surface area contributed by atoms with Crippen LogP contribution < -0.4 is 10.1 Å². The molecule has 1 N–H and O–H groups in total. The van der Waals surface area contributed by atoms with Crippen molar-refractivity contribution in [1.82, 2.24) is 9.62 Å². The quantitative estimate of drug-likeness (QED) is 0.816. The molecule has 1 spiro atoms. The van der Waals surface area contributed by atoms with E-state index >= 15 is 0 Å². The highest BCUT2D eigenvalue weighted by Gasteiger charge is 2.60. The van der Waals surface area contributed by atoms with Crippen LogP contribution in [-0.4, -0.2) is 31.8 Å². The van der Waals surface area contributed by atoms with Crippen LogP contribution in [0.15, 0.2) is 53.4 Å². The molecule has 1 aliphatic carbocycles. The van der Waals surface area contributed by atoms with E-state index in [1.165, 1.54) is 31.4 Å². The minimum absolute atomic E-state index is 0.0735. The molecule has 1 heterocycles. The molecule has 140 valence electrons. The largest absolute Gasteiger partial charge is 0.497 e. The van der Waals surface area contributed by atoms with Gasteiger partial charge in [0.05, 0.1) is 12.0 Å². The molecule has 1 saturated heterocycles. The zero-order valence-electron chi connectivity index (χ0n) is 14.6. The topological polar surface area (TPSA) is 92.8 Å². The standard InChI is InChI=1S/C19H18N2O5S/c1-26-14-8-10-15(11-9-14)27(24,25)21-18(23)20-17(22)19(21)12-4-6-13-5-2-3-7-16(13)19/h2-3,5,7-11H,4,6,12H2,1H3,(H,20,22,23). The van der Waals surface area contributed by atoms with Crippen LogP contribution in [0.1, 0.15) is 24.0 Å². The second-order valence-electron chi connectivity index (χ2n) is 6.58. The number of ether oxygens (including phenoxy) is 1. The van der Waals surface area contributed by atoms with Crippen LogP contribution in [0, 0.1) is 0 Å². The first-order chi connectivity index (χ1) is 12.9. The number of sulfonamides is 1. The first-order valence-corrected chi connectivity index (χ1v) is 9.98. The van der Waals surface area contributed by atoms with Crippen LogP contribution in [0.4, 0.5) is 4.79 Å². The molecular formula is C19H18N2O5S. The molecule has 27 heavy (non-hydrogen) atoms. The van der Waals surface area contributed by atoms with Crippen LogP contribution in [0.5, 0.6) is 5.75 Å². The van der Waals surface area contributed by atoms with Crippen molar-refractivity contribution in [2.24, 2.45) is 0 Å². The maximum absolute atomic E-state index is 13.3. The van der Waals surface area contributed by atoms with Gasteiger partial charge in [0.2, 0.25) is 0 Å². The summed E-state index contributed by atoms with van der Waals surface area (Å²) in [5, 5.41) is 2.21. The van der Waals surface area contributed by atoms with Gasteiger partial charge in [-0.3, -0.25) is 10.1 Å². The Kier molecular flexibility index (Phi) is 3.96. The van der Waals surface area contributed by atoms with Gasteiger partial charge in [0.25, 0.3) is 15.9 Å². The number of amides is 3. The van der Waals surface area contributed by atoms with Crippen LogP contribution in [0.3, 0.4) is 0 Å². The number of aryl methyl sites for hydroxylation is 1. The smallest absolute Gasteiger partial charge is 0.339 e. The van der Waals surface area contributed by atoms with Crippen molar-refractivity contribution in [3.8, 4) is 5.75 Å². The van der Waals surface area contributed by atoms with Crippen molar-refractivity contribution >= 4 is 22.0 Å². The van der Waals surface area contributed by atoms with E-state index < -0.39 is 27.5 Å². The summed E-state index contributed by atoms with van der Waals surface area (Å²) < 4.78 is 32.5. The number of nitrogens with zero attached hydrogens (tertiary/aromatic N) is 1. The number of rotatable bonds is 3. The lowest BCUT2D eigenvalue weighted by Crippen LogP contribution is -2.51. The van der Waals surface area contributed by atoms with Gasteiger partial charge in [-0.15, -0.1) is 0 Å². The summed E-state index contributed by atoms with van der Waals surface area (Å²) in [6.07, 6.45) is 1.58. The number of urea groups is 1. The summed E-state index contributed by atoms with van der Waals surface area (Å²) in [4.78, 5) is 25.4. The molecule has 4 rings (SSSR count). The molecule has 1 unspecified atom stereocenters. The van der Waals surface area contributed by atoms with Gasteiger partial charge in [-0.25, -0.2) is 13.2 Å². The molecule has 1 aliphatic heterocycles. The second-order valence-corrected chi connectivity index (χ2v) is 8.36. The third-order valence-electron chi connectivity index (χ3n) is 5.17. The Morgan fingerprint density at radius 2 is 1.78 bits per heavy atom. The van der Waals surface area contributed by atoms with Gasteiger partial charge in [0.1, 0.15) is 5.75 Å². The Morgan fingerprint density at radius 3 is 2.48 bits per heavy atom. The summed E-state index contributed by atoms with van der Waals surface area (Å²) in [7, 11) is -2.78. The second kappa shape index (κ2) is 6.09. The fraction of sp³-hybridized carbons (Fsp3) is 0.263. The fourth-order valence-corrected chi connectivity index (χ4v) is 5.58. The van der Waals surface area contributed by atoms with Crippen molar-refractivity contribution in [1.29, 1.82) is 0 Å². The molecule has 0 bridgehead atoms. The molecule has 8 heteroatoms. The predicted molar refractivity (Wildman–Crippen MR) is 96.6 cm³/mol. The highest BCUT2D eigenvalue weighted by Crippen LogP contribution is 2.45. The highest BCUT2D eigenvalue weighted by atomic mass is 32.2. The molecule has 0 aromatic heterocycles. The van der Waals surface area contributed by atoms with Gasteiger partial charge in [-0.1, -0.05) is 24.3 Å². The molecule has 3 amide bonds. The monoisotopic (exact) mass is 386 g/mol. The van der Waals surface area contributed by atoms with E-state index in [1.54, 1.807) is 12.1 Å². The first-order valence-electron chi connectivity index (χ1n) is 8.54. The Labute approximate surface area is 157 Å². The summed E-state index contributed by atoms with van der Waals surface area (Å²) >= 11 is 0. The van der Waals surface area contributed by atoms with E-state index in [2.05, 4.69) is 5.32 Å². The first kappa shape index (κ1) is 17.5. The van der Waals surface area contributed by atoms with E-state index in [0.717, 1.165) is 16.3 Å². The number of carbonyl (C=O) groups excluding carboxylic acids is 2. The molecule has 0 radical (unpaired) electrons. The van der Waals surface area contributed by atoms with Crippen molar-refractivity contribution in [3.63, 3.8) is 0 Å². The van der Waals surface area contributed by atoms with E-state index in [4.69, 9.17) is 4.74 Å². The number of hydrogen-bond acceptors (Lipinski definition) is 5. The minimum Gasteiger partial charge on any atom is -0.497 e. The summed E-state index contributed by atoms with van der Waals surface area (Å²) in [6, 6.07) is 12.0. The molecule has 1 fully saturated rings. The van der Waals surface area contributed by atoms with Gasteiger partial charge in [0.15, 0.2) is 5.54 Å². The summed E-state index contributed by atoms with van der Waals surface area (Å²) in [6.45, 7) is 0. The van der Waals surface area contributed by atoms with E-state index in [0.29, 0.717) is 17.7 Å². The number of imide groups is 1. The highest BCUT2D eigenvalue weighted by molar-refractivity contribution is 7.89. The number of fused-ring (bicyclic) bond motifs is 2. The zero-order chi connectivity index (χ0) is 19.2. The minimum atomic E-state index is -4.25. The number of benzene rings is 2. The molecule has 2 aromatic rings. The number of nitrogens with one attached hydrogen (secondary N) is 1. The number of hydrogen-bond donors (Lipinski definition) is 1. The molecule has 2 aromatic carbocycles. The number of carbonyl (C=O) groups is 2. The van der Waals surface area contributed by atoms with Crippen molar-refractivity contribution in [2.75, 3.05) is 7.11 Å². The summed E-state index contributed by atoms with van der Waals surface area (Å²) in [5.41, 5.74) is -0.106. The average Bonchev–Trinajstić information content (AvgIpc) is 2.93. The van der Waals surface area contributed by atoms with E-state index in [1.807, 2.05) is 12.1 Å². The number of methoxy groups -OCH3 is 1. The maximum atomic E-state index is 13.3. The van der Waals surface area contributed by atoms with Crippen molar-refractivity contribution in [2.45, 2.75) is 29.7 Å². The Hall–Kier alpha value is -2.87. The van der Waals surface area contributed by atoms with Gasteiger partial charge < -0.3 is 4.74 Å². The molecular weight excluding hydrogens is 368 g/mol. The molecule has 0 saturated carbocycles. The van der Waals surface area contributed by atoms with Crippen LogP contribution in [0.25, 0.3) is 0 Å². The van der Waals surface area contributed by atoms with Crippen LogP contribution in [0.2, 0.25) is 0 Å². The van der Waals surface area contributed by atoms with Gasteiger partial charge in [0, 0.05) is 0 Å². The average molecular weight is 386 g/mol. The van der Waals surface area contributed by atoms with Crippen molar-refractivity contribution < 1.29 is 22.7 Å². The normalized spacial score (nSPS) is 21.9. The van der Waals surface area contributed by atoms with Gasteiger partial charge in [-0.2, -0.15) is 4.31 Å². The molecule has 2 aliphatic rings. The lowest BCUT2D eigenvalue weighted by Gasteiger charge is -2.38. The fourth-order valence-electron chi connectivity index (χ4n) is 3.94. The zero-order valence-corrected chi connectivity index (χ0v) is 15.5. The Bertz CT molecular complexity index is 1030. The summed E-state index contributed by atoms with van der Waals surface area (Å²) in [5.74, 6) is -0.106. The van der Waals surface area contributed by atoms with Gasteiger partial charge in [-0.05, 0) is 54.7 Å². The van der Waals surface area contributed by atoms with E-state index in [9.17, 15) is 18.0 Å². The third kappa shape index (κ3) is 2.43. The predicted octanol–water partition coefficient (Wildman–Crippen LogP) is 2.17.